The molecule has 0 spiro atoms. The minimum Gasteiger partial charge on any atom is -0.480 e. The van der Waals surface area contributed by atoms with Gasteiger partial charge >= 0.3 is 5.97 Å². The average Bonchev–Trinajstić information content (AvgIpc) is 2.83. The van der Waals surface area contributed by atoms with E-state index < -0.39 is 54.0 Å². The van der Waals surface area contributed by atoms with E-state index in [0.717, 1.165) is 11.1 Å². The molecule has 35 heavy (non-hydrogen) atoms. The number of amides is 3. The van der Waals surface area contributed by atoms with Crippen molar-refractivity contribution in [2.75, 3.05) is 0 Å². The zero-order valence-electron chi connectivity index (χ0n) is 19.7. The molecule has 3 amide bonds. The molecule has 0 fully saturated rings. The molecule has 10 heteroatoms. The molecule has 2 rings (SSSR count). The van der Waals surface area contributed by atoms with Crippen LogP contribution < -0.4 is 21.7 Å². The molecule has 0 heterocycles. The van der Waals surface area contributed by atoms with Crippen LogP contribution in [0.25, 0.3) is 0 Å². The number of aliphatic hydroxyl groups excluding tert-OH is 1. The Morgan fingerprint density at radius 2 is 1.20 bits per heavy atom. The highest BCUT2D eigenvalue weighted by Gasteiger charge is 2.29. The van der Waals surface area contributed by atoms with Crippen LogP contribution in [-0.4, -0.2) is 64.2 Å². The predicted octanol–water partition coefficient (Wildman–Crippen LogP) is -0.261. The van der Waals surface area contributed by atoms with Gasteiger partial charge < -0.3 is 31.9 Å². The molecular weight excluding hydrogens is 452 g/mol. The summed E-state index contributed by atoms with van der Waals surface area (Å²) in [5, 5.41) is 26.6. The summed E-state index contributed by atoms with van der Waals surface area (Å²) in [6.07, 6.45) is -0.943. The lowest BCUT2D eigenvalue weighted by molar-refractivity contribution is -0.142. The van der Waals surface area contributed by atoms with Crippen molar-refractivity contribution in [3.05, 3.63) is 71.8 Å². The fraction of sp³-hybridized carbons (Fsp3) is 0.360. The van der Waals surface area contributed by atoms with Crippen LogP contribution in [0.1, 0.15) is 25.0 Å². The molecule has 0 saturated heterocycles. The molecule has 0 saturated carbocycles. The number of benzene rings is 2. The topological polar surface area (TPSA) is 171 Å². The molecular formula is C25H32N4O6. The second-order valence-corrected chi connectivity index (χ2v) is 8.34. The van der Waals surface area contributed by atoms with Crippen LogP contribution in [0.15, 0.2) is 60.7 Å². The molecule has 188 valence electrons. The number of carbonyl (C=O) groups is 4. The Kier molecular flexibility index (Phi) is 10.4. The molecule has 5 unspecified atom stereocenters. The first-order valence-corrected chi connectivity index (χ1v) is 11.2. The van der Waals surface area contributed by atoms with Crippen molar-refractivity contribution in [3.8, 4) is 0 Å². The van der Waals surface area contributed by atoms with Crippen LogP contribution >= 0.6 is 0 Å². The number of hydrogen-bond donors (Lipinski definition) is 6. The van der Waals surface area contributed by atoms with E-state index in [4.69, 9.17) is 5.73 Å². The predicted molar refractivity (Wildman–Crippen MR) is 129 cm³/mol. The maximum atomic E-state index is 13.1. The first kappa shape index (κ1) is 27.5. The van der Waals surface area contributed by atoms with E-state index in [9.17, 15) is 29.4 Å². The lowest BCUT2D eigenvalue weighted by Crippen LogP contribution is -2.58. The summed E-state index contributed by atoms with van der Waals surface area (Å²) in [5.74, 6) is -3.27. The Hall–Kier alpha value is -3.76. The summed E-state index contributed by atoms with van der Waals surface area (Å²) in [7, 11) is 0. The number of carboxylic acids is 1. The molecule has 0 radical (unpaired) electrons. The van der Waals surface area contributed by atoms with Gasteiger partial charge in [-0.2, -0.15) is 0 Å². The van der Waals surface area contributed by atoms with Crippen molar-refractivity contribution >= 4 is 23.7 Å². The average molecular weight is 485 g/mol. The van der Waals surface area contributed by atoms with Gasteiger partial charge in [0.2, 0.25) is 17.7 Å². The van der Waals surface area contributed by atoms with E-state index in [1.807, 2.05) is 0 Å². The number of aliphatic carboxylic acids is 1. The lowest BCUT2D eigenvalue weighted by Gasteiger charge is -2.24. The number of nitrogens with two attached hydrogens (primary N) is 1. The minimum atomic E-state index is -1.22. The molecule has 2 aromatic rings. The molecule has 7 N–H and O–H groups in total. The first-order chi connectivity index (χ1) is 16.6. The maximum absolute atomic E-state index is 13.1. The molecule has 10 nitrogen and oxygen atoms in total. The third kappa shape index (κ3) is 8.84. The highest BCUT2D eigenvalue weighted by Crippen LogP contribution is 2.07. The van der Waals surface area contributed by atoms with Crippen molar-refractivity contribution in [1.82, 2.24) is 16.0 Å². The Labute approximate surface area is 203 Å². The van der Waals surface area contributed by atoms with E-state index in [2.05, 4.69) is 16.0 Å². The number of carboxylic acid groups (broad SMARTS) is 1. The lowest BCUT2D eigenvalue weighted by atomic mass is 10.0. The van der Waals surface area contributed by atoms with E-state index in [-0.39, 0.29) is 12.8 Å². The van der Waals surface area contributed by atoms with Crippen molar-refractivity contribution in [2.45, 2.75) is 57.0 Å². The van der Waals surface area contributed by atoms with Crippen molar-refractivity contribution < 1.29 is 29.4 Å². The van der Waals surface area contributed by atoms with Crippen LogP contribution in [0, 0.1) is 0 Å². The Bertz CT molecular complexity index is 1000. The Morgan fingerprint density at radius 3 is 1.66 bits per heavy atom. The van der Waals surface area contributed by atoms with Gasteiger partial charge in [-0.15, -0.1) is 0 Å². The fourth-order valence-corrected chi connectivity index (χ4v) is 3.27. The van der Waals surface area contributed by atoms with Crippen LogP contribution in [0.4, 0.5) is 0 Å². The molecule has 0 aliphatic carbocycles. The van der Waals surface area contributed by atoms with Gasteiger partial charge in [0.15, 0.2) is 0 Å². The van der Waals surface area contributed by atoms with Crippen LogP contribution in [0.5, 0.6) is 0 Å². The standard InChI is InChI=1S/C25H32N4O6/c1-15(27-24(33)21(26)16(2)30)22(31)28-19(13-17-9-5-3-6-10-17)23(32)29-20(25(34)35)14-18-11-7-4-8-12-18/h3-12,15-16,19-21,30H,13-14,26H2,1-2H3,(H,27,33)(H,28,31)(H,29,32)(H,34,35). The van der Waals surface area contributed by atoms with Crippen LogP contribution in [0.2, 0.25) is 0 Å². The van der Waals surface area contributed by atoms with Gasteiger partial charge in [0.05, 0.1) is 6.10 Å². The largest absolute Gasteiger partial charge is 0.480 e. The summed E-state index contributed by atoms with van der Waals surface area (Å²) in [4.78, 5) is 49.8. The molecule has 5 atom stereocenters. The molecule has 2 aromatic carbocycles. The van der Waals surface area contributed by atoms with Gasteiger partial charge in [-0.1, -0.05) is 60.7 Å². The highest BCUT2D eigenvalue weighted by atomic mass is 16.4. The SMILES string of the molecule is CC(NC(=O)C(N)C(C)O)C(=O)NC(Cc1ccccc1)C(=O)NC(Cc1ccccc1)C(=O)O. The molecule has 0 bridgehead atoms. The summed E-state index contributed by atoms with van der Waals surface area (Å²) in [6, 6.07) is 13.2. The van der Waals surface area contributed by atoms with Gasteiger partial charge in [0, 0.05) is 12.8 Å². The third-order valence-corrected chi connectivity index (χ3v) is 5.39. The van der Waals surface area contributed by atoms with Crippen LogP contribution in [0.3, 0.4) is 0 Å². The normalized spacial score (nSPS) is 15.1. The maximum Gasteiger partial charge on any atom is 0.326 e. The zero-order valence-corrected chi connectivity index (χ0v) is 19.7. The third-order valence-electron chi connectivity index (χ3n) is 5.39. The Balaban J connectivity index is 2.14. The zero-order chi connectivity index (χ0) is 26.0. The van der Waals surface area contributed by atoms with Crippen LogP contribution in [-0.2, 0) is 32.0 Å². The van der Waals surface area contributed by atoms with Crippen molar-refractivity contribution in [1.29, 1.82) is 0 Å². The second-order valence-electron chi connectivity index (χ2n) is 8.34. The Morgan fingerprint density at radius 1 is 0.743 bits per heavy atom. The second kappa shape index (κ2) is 13.2. The van der Waals surface area contributed by atoms with Gasteiger partial charge in [-0.25, -0.2) is 4.79 Å². The molecule has 0 aromatic heterocycles. The first-order valence-electron chi connectivity index (χ1n) is 11.2. The highest BCUT2D eigenvalue weighted by molar-refractivity contribution is 5.94. The summed E-state index contributed by atoms with van der Waals surface area (Å²) in [5.41, 5.74) is 7.07. The van der Waals surface area contributed by atoms with Crippen molar-refractivity contribution in [2.24, 2.45) is 5.73 Å². The number of hydrogen-bond acceptors (Lipinski definition) is 6. The van der Waals surface area contributed by atoms with Gasteiger partial charge in [0.1, 0.15) is 24.2 Å². The van der Waals surface area contributed by atoms with Gasteiger partial charge in [-0.3, -0.25) is 14.4 Å². The smallest absolute Gasteiger partial charge is 0.326 e. The quantitative estimate of drug-likeness (QED) is 0.241. The van der Waals surface area contributed by atoms with E-state index in [1.165, 1.54) is 13.8 Å². The van der Waals surface area contributed by atoms with E-state index in [1.54, 1.807) is 60.7 Å². The van der Waals surface area contributed by atoms with Gasteiger partial charge in [-0.05, 0) is 25.0 Å². The number of carbonyl (C=O) groups excluding carboxylic acids is 3. The van der Waals surface area contributed by atoms with E-state index in [0.29, 0.717) is 0 Å². The monoisotopic (exact) mass is 484 g/mol. The van der Waals surface area contributed by atoms with Gasteiger partial charge in [0.25, 0.3) is 0 Å². The summed E-state index contributed by atoms with van der Waals surface area (Å²) < 4.78 is 0. The van der Waals surface area contributed by atoms with Crippen molar-refractivity contribution in [3.63, 3.8) is 0 Å². The summed E-state index contributed by atoms with van der Waals surface area (Å²) in [6.45, 7) is 2.76. The fourth-order valence-electron chi connectivity index (χ4n) is 3.27. The number of rotatable bonds is 12. The summed E-state index contributed by atoms with van der Waals surface area (Å²) >= 11 is 0. The number of aliphatic hydroxyl groups is 1. The minimum absolute atomic E-state index is 0.0671. The van der Waals surface area contributed by atoms with E-state index >= 15 is 0 Å². The molecule has 0 aliphatic rings. The number of nitrogens with one attached hydrogen (secondary N) is 3. The molecule has 0 aliphatic heterocycles.